The number of aldehydes is 1. The second-order valence-electron chi connectivity index (χ2n) is 5.54. The predicted octanol–water partition coefficient (Wildman–Crippen LogP) is 1.51. The van der Waals surface area contributed by atoms with Crippen LogP contribution in [0.4, 0.5) is 0 Å². The minimum absolute atomic E-state index is 0.281. The average Bonchev–Trinajstić information content (AvgIpc) is 3.04. The molecule has 2 aromatic heterocycles. The lowest BCUT2D eigenvalue weighted by molar-refractivity contribution is -0.109. The molecule has 0 radical (unpaired) electrons. The van der Waals surface area contributed by atoms with Crippen LogP contribution in [-0.4, -0.2) is 38.0 Å². The van der Waals surface area contributed by atoms with Gasteiger partial charge in [0.15, 0.2) is 0 Å². The van der Waals surface area contributed by atoms with Crippen molar-refractivity contribution in [1.82, 2.24) is 25.1 Å². The fourth-order valence-corrected chi connectivity index (χ4v) is 2.46. The smallest absolute Gasteiger partial charge is 0.270 e. The zero-order valence-electron chi connectivity index (χ0n) is 13.7. The van der Waals surface area contributed by atoms with E-state index in [1.165, 1.54) is 4.68 Å². The SMILES string of the molecule is Cc1cc(C(=O)N[C@H](C=O)Cc2ccccc2)n(-c2ncccn2)n1. The van der Waals surface area contributed by atoms with E-state index in [0.29, 0.717) is 18.1 Å². The molecule has 3 aromatic rings. The van der Waals surface area contributed by atoms with Gasteiger partial charge >= 0.3 is 0 Å². The Labute approximate surface area is 144 Å². The topological polar surface area (TPSA) is 89.8 Å². The van der Waals surface area contributed by atoms with Crippen LogP contribution in [-0.2, 0) is 11.2 Å². The van der Waals surface area contributed by atoms with E-state index in [2.05, 4.69) is 20.4 Å². The molecular formula is C18H17N5O2. The van der Waals surface area contributed by atoms with Crippen molar-refractivity contribution in [3.63, 3.8) is 0 Å². The van der Waals surface area contributed by atoms with Crippen molar-refractivity contribution < 1.29 is 9.59 Å². The molecule has 0 saturated carbocycles. The summed E-state index contributed by atoms with van der Waals surface area (Å²) in [7, 11) is 0. The van der Waals surface area contributed by atoms with E-state index in [9.17, 15) is 9.59 Å². The molecule has 0 aliphatic carbocycles. The first-order chi connectivity index (χ1) is 12.2. The summed E-state index contributed by atoms with van der Waals surface area (Å²) in [6.07, 6.45) is 4.30. The van der Waals surface area contributed by atoms with Crippen molar-refractivity contribution in [2.75, 3.05) is 0 Å². The highest BCUT2D eigenvalue weighted by Crippen LogP contribution is 2.09. The van der Waals surface area contributed by atoms with Crippen LogP contribution in [0.5, 0.6) is 0 Å². The van der Waals surface area contributed by atoms with Gasteiger partial charge in [-0.1, -0.05) is 30.3 Å². The number of amides is 1. The number of hydrogen-bond donors (Lipinski definition) is 1. The standard InChI is InChI=1S/C18H17N5O2/c1-13-10-16(23(22-13)18-19-8-5-9-20-18)17(25)21-15(12-24)11-14-6-3-2-4-7-14/h2-10,12,15H,11H2,1H3,(H,21,25)/t15-/m0/s1. The van der Waals surface area contributed by atoms with E-state index < -0.39 is 11.9 Å². The van der Waals surface area contributed by atoms with Gasteiger partial charge in [-0.3, -0.25) is 4.79 Å². The summed E-state index contributed by atoms with van der Waals surface area (Å²) in [4.78, 5) is 32.2. The maximum absolute atomic E-state index is 12.6. The first kappa shape index (κ1) is 16.5. The maximum atomic E-state index is 12.6. The molecule has 0 unspecified atom stereocenters. The summed E-state index contributed by atoms with van der Waals surface area (Å²) in [6, 6.07) is 12.2. The van der Waals surface area contributed by atoms with Gasteiger partial charge in [-0.25, -0.2) is 9.97 Å². The first-order valence-corrected chi connectivity index (χ1v) is 7.81. The van der Waals surface area contributed by atoms with E-state index in [0.717, 1.165) is 11.8 Å². The molecule has 126 valence electrons. The Morgan fingerprint density at radius 3 is 2.60 bits per heavy atom. The van der Waals surface area contributed by atoms with Crippen molar-refractivity contribution in [2.45, 2.75) is 19.4 Å². The van der Waals surface area contributed by atoms with Crippen LogP contribution < -0.4 is 5.32 Å². The lowest BCUT2D eigenvalue weighted by Crippen LogP contribution is -2.38. The third-order valence-corrected chi connectivity index (χ3v) is 3.58. The van der Waals surface area contributed by atoms with Crippen molar-refractivity contribution in [3.05, 3.63) is 71.8 Å². The van der Waals surface area contributed by atoms with E-state index in [1.54, 1.807) is 31.5 Å². The molecule has 0 aliphatic heterocycles. The molecular weight excluding hydrogens is 318 g/mol. The van der Waals surface area contributed by atoms with Crippen molar-refractivity contribution in [3.8, 4) is 5.95 Å². The van der Waals surface area contributed by atoms with Crippen molar-refractivity contribution in [1.29, 1.82) is 0 Å². The summed E-state index contributed by atoms with van der Waals surface area (Å²) in [5, 5.41) is 6.99. The van der Waals surface area contributed by atoms with E-state index in [-0.39, 0.29) is 5.69 Å². The highest BCUT2D eigenvalue weighted by molar-refractivity contribution is 5.94. The van der Waals surface area contributed by atoms with E-state index in [1.807, 2.05) is 30.3 Å². The molecule has 25 heavy (non-hydrogen) atoms. The van der Waals surface area contributed by atoms with Gasteiger partial charge in [0.25, 0.3) is 11.9 Å². The zero-order chi connectivity index (χ0) is 17.6. The van der Waals surface area contributed by atoms with Crippen LogP contribution in [0.2, 0.25) is 0 Å². The molecule has 0 spiro atoms. The summed E-state index contributed by atoms with van der Waals surface area (Å²) in [5.74, 6) is -0.104. The molecule has 0 aliphatic rings. The van der Waals surface area contributed by atoms with Gasteiger partial charge in [0.05, 0.1) is 11.7 Å². The average molecular weight is 335 g/mol. The number of hydrogen-bond acceptors (Lipinski definition) is 5. The minimum Gasteiger partial charge on any atom is -0.341 e. The molecule has 1 N–H and O–H groups in total. The van der Waals surface area contributed by atoms with Crippen molar-refractivity contribution in [2.24, 2.45) is 0 Å². The van der Waals surface area contributed by atoms with Gasteiger partial charge in [-0.15, -0.1) is 0 Å². The largest absolute Gasteiger partial charge is 0.341 e. The highest BCUT2D eigenvalue weighted by atomic mass is 16.2. The fraction of sp³-hybridized carbons (Fsp3) is 0.167. The zero-order valence-corrected chi connectivity index (χ0v) is 13.7. The monoisotopic (exact) mass is 335 g/mol. The van der Waals surface area contributed by atoms with E-state index >= 15 is 0 Å². The molecule has 2 heterocycles. The molecule has 0 bridgehead atoms. The molecule has 7 heteroatoms. The van der Waals surface area contributed by atoms with Gasteiger partial charge in [-0.2, -0.15) is 9.78 Å². The summed E-state index contributed by atoms with van der Waals surface area (Å²) < 4.78 is 1.37. The van der Waals surface area contributed by atoms with Crippen LogP contribution >= 0.6 is 0 Å². The number of benzene rings is 1. The quantitative estimate of drug-likeness (QED) is 0.690. The molecule has 1 amide bonds. The van der Waals surface area contributed by atoms with E-state index in [4.69, 9.17) is 0 Å². The van der Waals surface area contributed by atoms with Gasteiger partial charge < -0.3 is 10.1 Å². The van der Waals surface area contributed by atoms with Crippen LogP contribution in [0.1, 0.15) is 21.7 Å². The molecule has 0 saturated heterocycles. The predicted molar refractivity (Wildman–Crippen MR) is 91.4 cm³/mol. The molecule has 1 atom stereocenters. The normalized spacial score (nSPS) is 11.7. The summed E-state index contributed by atoms with van der Waals surface area (Å²) in [6.45, 7) is 1.78. The Kier molecular flexibility index (Phi) is 4.94. The number of nitrogens with one attached hydrogen (secondary N) is 1. The maximum Gasteiger partial charge on any atom is 0.270 e. The second kappa shape index (κ2) is 7.48. The second-order valence-corrected chi connectivity index (χ2v) is 5.54. The lowest BCUT2D eigenvalue weighted by Gasteiger charge is -2.13. The third kappa shape index (κ3) is 3.95. The molecule has 1 aromatic carbocycles. The Morgan fingerprint density at radius 1 is 1.20 bits per heavy atom. The fourth-order valence-electron chi connectivity index (χ4n) is 2.46. The Bertz CT molecular complexity index is 862. The van der Waals surface area contributed by atoms with Gasteiger partial charge in [0.1, 0.15) is 12.0 Å². The Morgan fingerprint density at radius 2 is 1.92 bits per heavy atom. The summed E-state index contributed by atoms with van der Waals surface area (Å²) in [5.41, 5.74) is 1.91. The number of carbonyl (C=O) groups excluding carboxylic acids is 2. The van der Waals surface area contributed by atoms with Crippen LogP contribution in [0.25, 0.3) is 5.95 Å². The lowest BCUT2D eigenvalue weighted by atomic mass is 10.1. The number of rotatable bonds is 6. The number of aryl methyl sites for hydroxylation is 1. The van der Waals surface area contributed by atoms with Gasteiger partial charge in [0, 0.05) is 12.4 Å². The first-order valence-electron chi connectivity index (χ1n) is 7.81. The van der Waals surface area contributed by atoms with Crippen LogP contribution in [0.3, 0.4) is 0 Å². The Balaban J connectivity index is 1.80. The van der Waals surface area contributed by atoms with Crippen molar-refractivity contribution >= 4 is 12.2 Å². The number of nitrogens with zero attached hydrogens (tertiary/aromatic N) is 4. The highest BCUT2D eigenvalue weighted by Gasteiger charge is 2.20. The van der Waals surface area contributed by atoms with Gasteiger partial charge in [-0.05, 0) is 31.0 Å². The third-order valence-electron chi connectivity index (χ3n) is 3.58. The van der Waals surface area contributed by atoms with Crippen LogP contribution in [0, 0.1) is 6.92 Å². The summed E-state index contributed by atoms with van der Waals surface area (Å²) >= 11 is 0. The minimum atomic E-state index is -0.629. The van der Waals surface area contributed by atoms with Gasteiger partial charge in [0.2, 0.25) is 0 Å². The number of carbonyl (C=O) groups is 2. The Hall–Kier alpha value is -3.35. The van der Waals surface area contributed by atoms with Crippen LogP contribution in [0.15, 0.2) is 54.9 Å². The molecule has 3 rings (SSSR count). The number of aromatic nitrogens is 4. The molecule has 7 nitrogen and oxygen atoms in total. The molecule has 0 fully saturated rings.